The zero-order chi connectivity index (χ0) is 18.4. The van der Waals surface area contributed by atoms with E-state index in [0.29, 0.717) is 24.5 Å². The normalized spacial score (nSPS) is 10.8. The first kappa shape index (κ1) is 19.2. The zero-order valence-corrected chi connectivity index (χ0v) is 16.1. The first-order chi connectivity index (χ1) is 11.9. The lowest BCUT2D eigenvalue weighted by Gasteiger charge is -2.16. The summed E-state index contributed by atoms with van der Waals surface area (Å²) >= 11 is 3.40. The Morgan fingerprint density at radius 3 is 2.76 bits per heavy atom. The van der Waals surface area contributed by atoms with E-state index in [1.54, 1.807) is 24.9 Å². The van der Waals surface area contributed by atoms with Gasteiger partial charge in [-0.15, -0.1) is 0 Å². The van der Waals surface area contributed by atoms with E-state index in [1.165, 1.54) is 6.26 Å². The van der Waals surface area contributed by atoms with Crippen LogP contribution in [0.1, 0.15) is 28.6 Å². The van der Waals surface area contributed by atoms with Gasteiger partial charge in [-0.3, -0.25) is 9.69 Å². The quantitative estimate of drug-likeness (QED) is 0.708. The van der Waals surface area contributed by atoms with Gasteiger partial charge in [0.25, 0.3) is 0 Å². The number of anilines is 1. The lowest BCUT2D eigenvalue weighted by molar-refractivity contribution is -0.117. The summed E-state index contributed by atoms with van der Waals surface area (Å²) in [7, 11) is 1.78. The molecule has 7 heteroatoms. The number of ether oxygens (including phenoxy) is 1. The maximum Gasteiger partial charge on any atom is 0.341 e. The first-order valence-corrected chi connectivity index (χ1v) is 8.68. The van der Waals surface area contributed by atoms with Crippen LogP contribution in [0.25, 0.3) is 0 Å². The SMILES string of the molecule is CCOC(=O)c1ccoc1CN(C)CC(=O)Nc1ccc(Br)cc1C. The van der Waals surface area contributed by atoms with Gasteiger partial charge in [0.15, 0.2) is 0 Å². The van der Waals surface area contributed by atoms with Crippen molar-refractivity contribution in [3.63, 3.8) is 0 Å². The molecular weight excluding hydrogens is 388 g/mol. The van der Waals surface area contributed by atoms with Gasteiger partial charge in [0.2, 0.25) is 5.91 Å². The number of nitrogens with zero attached hydrogens (tertiary/aromatic N) is 1. The average Bonchev–Trinajstić information content (AvgIpc) is 2.98. The monoisotopic (exact) mass is 408 g/mol. The standard InChI is InChI=1S/C18H21BrN2O4/c1-4-24-18(23)14-7-8-25-16(14)10-21(3)11-17(22)20-15-6-5-13(19)9-12(15)2/h5-9H,4,10-11H2,1-3H3,(H,20,22). The number of hydrogen-bond acceptors (Lipinski definition) is 5. The Morgan fingerprint density at radius 1 is 1.32 bits per heavy atom. The number of benzene rings is 1. The van der Waals surface area contributed by atoms with Crippen LogP contribution in [0.2, 0.25) is 0 Å². The Hall–Kier alpha value is -2.12. The summed E-state index contributed by atoms with van der Waals surface area (Å²) in [5.74, 6) is -0.0830. The van der Waals surface area contributed by atoms with Crippen LogP contribution in [0, 0.1) is 6.92 Å². The lowest BCUT2D eigenvalue weighted by Crippen LogP contribution is -2.30. The summed E-state index contributed by atoms with van der Waals surface area (Å²) < 4.78 is 11.3. The third-order valence-electron chi connectivity index (χ3n) is 3.53. The van der Waals surface area contributed by atoms with Gasteiger partial charge in [0.1, 0.15) is 11.3 Å². The van der Waals surface area contributed by atoms with Crippen molar-refractivity contribution in [1.82, 2.24) is 4.90 Å². The van der Waals surface area contributed by atoms with Crippen molar-refractivity contribution in [3.8, 4) is 0 Å². The molecule has 0 aliphatic heterocycles. The van der Waals surface area contributed by atoms with Crippen molar-refractivity contribution in [2.75, 3.05) is 25.5 Å². The molecule has 1 aromatic carbocycles. The molecule has 2 rings (SSSR count). The van der Waals surface area contributed by atoms with Gasteiger partial charge in [-0.1, -0.05) is 15.9 Å². The Kier molecular flexibility index (Phi) is 6.78. The highest BCUT2D eigenvalue weighted by molar-refractivity contribution is 9.10. The fourth-order valence-corrected chi connectivity index (χ4v) is 2.83. The van der Waals surface area contributed by atoms with Crippen molar-refractivity contribution in [2.24, 2.45) is 0 Å². The number of esters is 1. The number of carbonyl (C=O) groups excluding carboxylic acids is 2. The third-order valence-corrected chi connectivity index (χ3v) is 4.02. The van der Waals surface area contributed by atoms with Gasteiger partial charge >= 0.3 is 5.97 Å². The predicted octanol–water partition coefficient (Wildman–Crippen LogP) is 3.60. The second-order valence-electron chi connectivity index (χ2n) is 5.66. The summed E-state index contributed by atoms with van der Waals surface area (Å²) in [4.78, 5) is 25.8. The number of likely N-dealkylation sites (N-methyl/N-ethyl adjacent to an activating group) is 1. The van der Waals surface area contributed by atoms with E-state index in [1.807, 2.05) is 25.1 Å². The van der Waals surface area contributed by atoms with Crippen molar-refractivity contribution in [2.45, 2.75) is 20.4 Å². The molecular formula is C18H21BrN2O4. The van der Waals surface area contributed by atoms with Gasteiger partial charge in [-0.25, -0.2) is 4.79 Å². The van der Waals surface area contributed by atoms with E-state index in [0.717, 1.165) is 15.7 Å². The largest absolute Gasteiger partial charge is 0.467 e. The number of hydrogen-bond donors (Lipinski definition) is 1. The molecule has 0 aliphatic rings. The minimum atomic E-state index is -0.422. The van der Waals surface area contributed by atoms with Crippen LogP contribution in [-0.4, -0.2) is 37.0 Å². The highest BCUT2D eigenvalue weighted by Crippen LogP contribution is 2.20. The van der Waals surface area contributed by atoms with Gasteiger partial charge in [0, 0.05) is 10.2 Å². The summed E-state index contributed by atoms with van der Waals surface area (Å²) in [6.45, 7) is 4.47. The van der Waals surface area contributed by atoms with Gasteiger partial charge < -0.3 is 14.5 Å². The summed E-state index contributed by atoms with van der Waals surface area (Å²) in [6, 6.07) is 7.24. The number of halogens is 1. The zero-order valence-electron chi connectivity index (χ0n) is 14.5. The fraction of sp³-hybridized carbons (Fsp3) is 0.333. The van der Waals surface area contributed by atoms with Crippen molar-refractivity contribution in [1.29, 1.82) is 0 Å². The number of aryl methyl sites for hydroxylation is 1. The second-order valence-corrected chi connectivity index (χ2v) is 6.57. The molecule has 0 saturated heterocycles. The number of nitrogens with one attached hydrogen (secondary N) is 1. The van der Waals surface area contributed by atoms with Crippen LogP contribution in [0.5, 0.6) is 0 Å². The highest BCUT2D eigenvalue weighted by atomic mass is 79.9. The maximum absolute atomic E-state index is 12.2. The van der Waals surface area contributed by atoms with E-state index >= 15 is 0 Å². The number of amides is 1. The maximum atomic E-state index is 12.2. The smallest absolute Gasteiger partial charge is 0.341 e. The van der Waals surface area contributed by atoms with E-state index < -0.39 is 5.97 Å². The summed E-state index contributed by atoms with van der Waals surface area (Å²) in [5.41, 5.74) is 2.13. The van der Waals surface area contributed by atoms with Crippen LogP contribution in [0.4, 0.5) is 5.69 Å². The van der Waals surface area contributed by atoms with Crippen molar-refractivity contribution >= 4 is 33.5 Å². The molecule has 1 heterocycles. The molecule has 0 bridgehead atoms. The van der Waals surface area contributed by atoms with Crippen LogP contribution < -0.4 is 5.32 Å². The Bertz CT molecular complexity index is 757. The van der Waals surface area contributed by atoms with Gasteiger partial charge in [0.05, 0.1) is 26.0 Å². The molecule has 0 spiro atoms. The topological polar surface area (TPSA) is 71.8 Å². The van der Waals surface area contributed by atoms with E-state index in [9.17, 15) is 9.59 Å². The predicted molar refractivity (Wildman–Crippen MR) is 98.5 cm³/mol. The molecule has 0 atom stereocenters. The molecule has 134 valence electrons. The number of carbonyl (C=O) groups is 2. The average molecular weight is 409 g/mol. The Morgan fingerprint density at radius 2 is 2.08 bits per heavy atom. The molecule has 1 aromatic heterocycles. The van der Waals surface area contributed by atoms with E-state index in [-0.39, 0.29) is 12.5 Å². The molecule has 0 aliphatic carbocycles. The van der Waals surface area contributed by atoms with E-state index in [2.05, 4.69) is 21.2 Å². The number of furan rings is 1. The molecule has 0 fully saturated rings. The third kappa shape index (κ3) is 5.44. The van der Waals surface area contributed by atoms with Gasteiger partial charge in [-0.2, -0.15) is 0 Å². The van der Waals surface area contributed by atoms with Crippen LogP contribution in [-0.2, 0) is 16.1 Å². The first-order valence-electron chi connectivity index (χ1n) is 7.88. The molecule has 0 saturated carbocycles. The second kappa shape index (κ2) is 8.82. The minimum Gasteiger partial charge on any atom is -0.467 e. The highest BCUT2D eigenvalue weighted by Gasteiger charge is 2.18. The molecule has 2 aromatic rings. The van der Waals surface area contributed by atoms with Crippen LogP contribution >= 0.6 is 15.9 Å². The van der Waals surface area contributed by atoms with Crippen LogP contribution in [0.3, 0.4) is 0 Å². The van der Waals surface area contributed by atoms with E-state index in [4.69, 9.17) is 9.15 Å². The molecule has 0 unspecified atom stereocenters. The molecule has 6 nitrogen and oxygen atoms in total. The van der Waals surface area contributed by atoms with Crippen molar-refractivity contribution < 1.29 is 18.7 Å². The molecule has 1 amide bonds. The molecule has 25 heavy (non-hydrogen) atoms. The Balaban J connectivity index is 1.94. The Labute approximate surface area is 155 Å². The van der Waals surface area contributed by atoms with Gasteiger partial charge in [-0.05, 0) is 50.7 Å². The summed E-state index contributed by atoms with van der Waals surface area (Å²) in [6.07, 6.45) is 1.45. The lowest BCUT2D eigenvalue weighted by atomic mass is 10.2. The molecule has 0 radical (unpaired) electrons. The fourth-order valence-electron chi connectivity index (χ4n) is 2.36. The minimum absolute atomic E-state index is 0.142. The summed E-state index contributed by atoms with van der Waals surface area (Å²) in [5, 5.41) is 2.88. The molecule has 1 N–H and O–H groups in total. The van der Waals surface area contributed by atoms with Crippen molar-refractivity contribution in [3.05, 3.63) is 51.9 Å². The van der Waals surface area contributed by atoms with Crippen LogP contribution in [0.15, 0.2) is 39.4 Å². The number of rotatable bonds is 7.